The van der Waals surface area contributed by atoms with Gasteiger partial charge in [-0.1, -0.05) is 30.0 Å². The first-order chi connectivity index (χ1) is 11.4. The van der Waals surface area contributed by atoms with E-state index in [0.717, 1.165) is 48.5 Å². The van der Waals surface area contributed by atoms with Gasteiger partial charge in [0.25, 0.3) is 0 Å². The number of hydrogen-bond acceptors (Lipinski definition) is 3. The molecule has 1 fully saturated rings. The van der Waals surface area contributed by atoms with Crippen molar-refractivity contribution in [2.75, 3.05) is 13.2 Å². The minimum Gasteiger partial charge on any atom is -0.381 e. The molecule has 2 aromatic heterocycles. The van der Waals surface area contributed by atoms with E-state index in [1.165, 1.54) is 0 Å². The van der Waals surface area contributed by atoms with Crippen molar-refractivity contribution >= 4 is 5.65 Å². The predicted molar refractivity (Wildman–Crippen MR) is 88.2 cm³/mol. The Morgan fingerprint density at radius 2 is 1.83 bits per heavy atom. The maximum absolute atomic E-state index is 5.42. The number of rotatable bonds is 1. The summed E-state index contributed by atoms with van der Waals surface area (Å²) in [6.45, 7) is 1.64. The van der Waals surface area contributed by atoms with E-state index in [1.54, 1.807) is 6.20 Å². The summed E-state index contributed by atoms with van der Waals surface area (Å²) in [6, 6.07) is 12.0. The zero-order chi connectivity index (χ0) is 15.5. The van der Waals surface area contributed by atoms with Gasteiger partial charge in [0.2, 0.25) is 0 Å². The lowest BCUT2D eigenvalue weighted by molar-refractivity contribution is 0.0844. The second kappa shape index (κ2) is 6.23. The number of benzene rings is 1. The van der Waals surface area contributed by atoms with Crippen LogP contribution in [0.1, 0.15) is 35.6 Å². The Kier molecular flexibility index (Phi) is 3.79. The van der Waals surface area contributed by atoms with Gasteiger partial charge in [-0.15, -0.1) is 0 Å². The van der Waals surface area contributed by atoms with Gasteiger partial charge in [0, 0.05) is 43.2 Å². The van der Waals surface area contributed by atoms with Gasteiger partial charge in [-0.05, 0) is 25.0 Å². The molecule has 1 saturated heterocycles. The molecule has 0 radical (unpaired) electrons. The Bertz CT molecular complexity index is 868. The summed E-state index contributed by atoms with van der Waals surface area (Å²) >= 11 is 0. The standard InChI is InChI=1S/C19H17N3O/c1-2-4-15(5-3-1)6-7-16-13-20-19-12-18(21-22(19)14-16)17-8-10-23-11-9-17/h1-5,12-14,17H,8-11H2. The molecule has 0 unspecified atom stereocenters. The quantitative estimate of drug-likeness (QED) is 0.649. The molecule has 3 heterocycles. The number of ether oxygens (including phenoxy) is 1. The minimum atomic E-state index is 0.476. The van der Waals surface area contributed by atoms with Gasteiger partial charge in [-0.2, -0.15) is 5.10 Å². The van der Waals surface area contributed by atoms with Gasteiger partial charge >= 0.3 is 0 Å². The van der Waals surface area contributed by atoms with Crippen molar-refractivity contribution in [1.29, 1.82) is 0 Å². The monoisotopic (exact) mass is 303 g/mol. The van der Waals surface area contributed by atoms with Crippen LogP contribution in [0.25, 0.3) is 5.65 Å². The topological polar surface area (TPSA) is 39.4 Å². The van der Waals surface area contributed by atoms with Gasteiger partial charge in [-0.3, -0.25) is 0 Å². The van der Waals surface area contributed by atoms with Gasteiger partial charge in [0.15, 0.2) is 5.65 Å². The molecule has 114 valence electrons. The first-order valence-corrected chi connectivity index (χ1v) is 7.89. The number of aromatic nitrogens is 3. The second-order valence-electron chi connectivity index (χ2n) is 5.72. The molecule has 0 spiro atoms. The van der Waals surface area contributed by atoms with Crippen LogP contribution in [0.3, 0.4) is 0 Å². The maximum atomic E-state index is 5.42. The Balaban J connectivity index is 1.62. The lowest BCUT2D eigenvalue weighted by Gasteiger charge is -2.19. The first-order valence-electron chi connectivity index (χ1n) is 7.89. The molecule has 1 aliphatic rings. The molecule has 4 nitrogen and oxygen atoms in total. The average molecular weight is 303 g/mol. The van der Waals surface area contributed by atoms with Crippen molar-refractivity contribution in [2.24, 2.45) is 0 Å². The maximum Gasteiger partial charge on any atom is 0.155 e. The highest BCUT2D eigenvalue weighted by atomic mass is 16.5. The number of fused-ring (bicyclic) bond motifs is 1. The second-order valence-corrected chi connectivity index (χ2v) is 5.72. The van der Waals surface area contributed by atoms with Crippen molar-refractivity contribution in [2.45, 2.75) is 18.8 Å². The van der Waals surface area contributed by atoms with Crippen LogP contribution >= 0.6 is 0 Å². The highest BCUT2D eigenvalue weighted by Crippen LogP contribution is 2.26. The molecule has 0 saturated carbocycles. The summed E-state index contributed by atoms with van der Waals surface area (Å²) < 4.78 is 7.25. The molecular formula is C19H17N3O. The lowest BCUT2D eigenvalue weighted by atomic mass is 9.97. The fourth-order valence-corrected chi connectivity index (χ4v) is 2.82. The van der Waals surface area contributed by atoms with Crippen LogP contribution in [0, 0.1) is 11.8 Å². The third-order valence-corrected chi connectivity index (χ3v) is 4.10. The average Bonchev–Trinajstić information content (AvgIpc) is 3.05. The Morgan fingerprint density at radius 3 is 2.65 bits per heavy atom. The van der Waals surface area contributed by atoms with Crippen LogP contribution in [-0.4, -0.2) is 27.8 Å². The van der Waals surface area contributed by atoms with Crippen molar-refractivity contribution in [3.05, 3.63) is 65.6 Å². The normalized spacial score (nSPS) is 15.3. The summed E-state index contributed by atoms with van der Waals surface area (Å²) in [5.74, 6) is 6.77. The van der Waals surface area contributed by atoms with E-state index in [2.05, 4.69) is 28.0 Å². The van der Waals surface area contributed by atoms with E-state index in [9.17, 15) is 0 Å². The van der Waals surface area contributed by atoms with Crippen LogP contribution in [0.2, 0.25) is 0 Å². The largest absolute Gasteiger partial charge is 0.381 e. The Morgan fingerprint density at radius 1 is 1.04 bits per heavy atom. The van der Waals surface area contributed by atoms with E-state index in [1.807, 2.05) is 41.0 Å². The fraction of sp³-hybridized carbons (Fsp3) is 0.263. The molecule has 0 amide bonds. The van der Waals surface area contributed by atoms with E-state index in [4.69, 9.17) is 4.74 Å². The van der Waals surface area contributed by atoms with Crippen LogP contribution in [0.4, 0.5) is 0 Å². The van der Waals surface area contributed by atoms with Crippen molar-refractivity contribution < 1.29 is 4.74 Å². The van der Waals surface area contributed by atoms with Crippen LogP contribution in [0.15, 0.2) is 48.8 Å². The van der Waals surface area contributed by atoms with Gasteiger partial charge in [0.05, 0.1) is 11.3 Å². The SMILES string of the molecule is C(#Cc1cnc2cc(C3CCOCC3)nn2c1)c1ccccc1. The molecule has 0 aliphatic carbocycles. The highest BCUT2D eigenvalue weighted by Gasteiger charge is 2.19. The highest BCUT2D eigenvalue weighted by molar-refractivity contribution is 5.45. The van der Waals surface area contributed by atoms with Crippen molar-refractivity contribution in [3.63, 3.8) is 0 Å². The zero-order valence-corrected chi connectivity index (χ0v) is 12.8. The fourth-order valence-electron chi connectivity index (χ4n) is 2.82. The third-order valence-electron chi connectivity index (χ3n) is 4.10. The summed E-state index contributed by atoms with van der Waals surface area (Å²) in [5, 5.41) is 4.68. The molecule has 1 aromatic carbocycles. The number of hydrogen-bond donors (Lipinski definition) is 0. The van der Waals surface area contributed by atoms with Crippen molar-refractivity contribution in [1.82, 2.24) is 14.6 Å². The molecule has 3 aromatic rings. The third kappa shape index (κ3) is 3.10. The van der Waals surface area contributed by atoms with Gasteiger partial charge in [-0.25, -0.2) is 9.50 Å². The predicted octanol–water partition coefficient (Wildman–Crippen LogP) is 3.02. The minimum absolute atomic E-state index is 0.476. The van der Waals surface area contributed by atoms with Crippen LogP contribution in [-0.2, 0) is 4.74 Å². The summed E-state index contributed by atoms with van der Waals surface area (Å²) in [4.78, 5) is 4.48. The summed E-state index contributed by atoms with van der Waals surface area (Å²) in [5.41, 5.74) is 3.84. The van der Waals surface area contributed by atoms with Gasteiger partial charge < -0.3 is 4.74 Å². The molecule has 0 bridgehead atoms. The van der Waals surface area contributed by atoms with E-state index in [-0.39, 0.29) is 0 Å². The summed E-state index contributed by atoms with van der Waals surface area (Å²) in [6.07, 6.45) is 5.82. The Labute approximate surface area is 135 Å². The molecule has 1 aliphatic heterocycles. The Hall–Kier alpha value is -2.64. The smallest absolute Gasteiger partial charge is 0.155 e. The summed E-state index contributed by atoms with van der Waals surface area (Å²) in [7, 11) is 0. The molecule has 0 N–H and O–H groups in total. The van der Waals surface area contributed by atoms with E-state index < -0.39 is 0 Å². The van der Waals surface area contributed by atoms with Gasteiger partial charge in [0.1, 0.15) is 0 Å². The number of nitrogens with zero attached hydrogens (tertiary/aromatic N) is 3. The zero-order valence-electron chi connectivity index (χ0n) is 12.8. The molecule has 4 heteroatoms. The molecule has 0 atom stereocenters. The van der Waals surface area contributed by atoms with E-state index in [0.29, 0.717) is 5.92 Å². The molecule has 23 heavy (non-hydrogen) atoms. The van der Waals surface area contributed by atoms with E-state index >= 15 is 0 Å². The first kappa shape index (κ1) is 14.0. The van der Waals surface area contributed by atoms with Crippen molar-refractivity contribution in [3.8, 4) is 11.8 Å². The lowest BCUT2D eigenvalue weighted by Crippen LogP contribution is -2.14. The van der Waals surface area contributed by atoms with Crippen LogP contribution in [0.5, 0.6) is 0 Å². The van der Waals surface area contributed by atoms with Crippen LogP contribution < -0.4 is 0 Å². The molecule has 4 rings (SSSR count). The molecular weight excluding hydrogens is 286 g/mol.